The maximum atomic E-state index is 14.1. The van der Waals surface area contributed by atoms with Gasteiger partial charge in [-0.15, -0.1) is 0 Å². The van der Waals surface area contributed by atoms with Gasteiger partial charge in [-0.3, -0.25) is 14.9 Å². The molecule has 5 rings (SSSR count). The zero-order chi connectivity index (χ0) is 25.6. The lowest BCUT2D eigenvalue weighted by atomic mass is 9.90. The van der Waals surface area contributed by atoms with Gasteiger partial charge >= 0.3 is 6.09 Å². The number of rotatable bonds is 5. The van der Waals surface area contributed by atoms with Gasteiger partial charge in [0.05, 0.1) is 17.1 Å². The van der Waals surface area contributed by atoms with E-state index in [4.69, 9.17) is 27.8 Å². The van der Waals surface area contributed by atoms with E-state index < -0.39 is 29.1 Å². The highest BCUT2D eigenvalue weighted by molar-refractivity contribution is 8.04. The number of carbonyl (C=O) groups is 3. The van der Waals surface area contributed by atoms with E-state index in [0.29, 0.717) is 40.7 Å². The van der Waals surface area contributed by atoms with Crippen LogP contribution >= 0.6 is 23.4 Å². The summed E-state index contributed by atoms with van der Waals surface area (Å²) in [6.07, 6.45) is 0.243. The Kier molecular flexibility index (Phi) is 6.36. The van der Waals surface area contributed by atoms with Gasteiger partial charge < -0.3 is 26.0 Å². The van der Waals surface area contributed by atoms with Crippen molar-refractivity contribution in [2.45, 2.75) is 36.9 Å². The number of benzene rings is 2. The fourth-order valence-corrected chi connectivity index (χ4v) is 6.44. The molecule has 3 aliphatic heterocycles. The number of amides is 3. The molecule has 0 bridgehead atoms. The molecule has 0 radical (unpaired) electrons. The lowest BCUT2D eigenvalue weighted by Gasteiger charge is -2.37. The van der Waals surface area contributed by atoms with E-state index in [1.165, 1.54) is 0 Å². The SMILES string of the molecule is CC1=C(C(N)=O)SC(N)N1[C@@H](Cc1ccccc1)C(=O)N1CCC2(C1)OC(=O)Nc1ccc(Cl)cc12. The maximum absolute atomic E-state index is 14.1. The summed E-state index contributed by atoms with van der Waals surface area (Å²) in [6.45, 7) is 2.31. The number of carbonyl (C=O) groups excluding carboxylic acids is 3. The molecule has 3 amide bonds. The number of anilines is 1. The molecule has 2 unspecified atom stereocenters. The standard InChI is InChI=1S/C25H26ClN5O4S/c1-14-20(21(27)32)36-23(28)31(14)19(11-15-5-3-2-4-6-15)22(33)30-10-9-25(13-30)17-12-16(26)7-8-18(17)29-24(34)35-25/h2-8,12,19,23H,9-11,13,28H2,1H3,(H2,27,32)(H,29,34)/t19-,23?,25?/m0/s1. The molecule has 36 heavy (non-hydrogen) atoms. The third-order valence-corrected chi connectivity index (χ3v) is 8.32. The predicted octanol–water partition coefficient (Wildman–Crippen LogP) is 2.95. The predicted molar refractivity (Wildman–Crippen MR) is 138 cm³/mol. The van der Waals surface area contributed by atoms with Crippen molar-refractivity contribution < 1.29 is 19.1 Å². The molecular weight excluding hydrogens is 502 g/mol. The smallest absolute Gasteiger partial charge is 0.412 e. The third kappa shape index (κ3) is 4.29. The lowest BCUT2D eigenvalue weighted by Crippen LogP contribution is -2.53. The highest BCUT2D eigenvalue weighted by Crippen LogP contribution is 2.44. The minimum absolute atomic E-state index is 0.171. The van der Waals surface area contributed by atoms with Crippen molar-refractivity contribution in [2.24, 2.45) is 11.5 Å². The van der Waals surface area contributed by atoms with Crippen molar-refractivity contribution in [3.63, 3.8) is 0 Å². The highest BCUT2D eigenvalue weighted by atomic mass is 35.5. The van der Waals surface area contributed by atoms with Gasteiger partial charge in [-0.1, -0.05) is 53.7 Å². The highest BCUT2D eigenvalue weighted by Gasteiger charge is 2.50. The maximum Gasteiger partial charge on any atom is 0.412 e. The number of thioether (sulfide) groups is 1. The lowest BCUT2D eigenvalue weighted by molar-refractivity contribution is -0.136. The molecule has 0 aliphatic carbocycles. The minimum atomic E-state index is -0.999. The largest absolute Gasteiger partial charge is 0.436 e. The fraction of sp³-hybridized carbons (Fsp3) is 0.320. The molecule has 1 saturated heterocycles. The van der Waals surface area contributed by atoms with Crippen LogP contribution in [0.15, 0.2) is 59.1 Å². The van der Waals surface area contributed by atoms with Gasteiger partial charge in [-0.25, -0.2) is 4.79 Å². The van der Waals surface area contributed by atoms with E-state index in [9.17, 15) is 14.4 Å². The van der Waals surface area contributed by atoms with Crippen molar-refractivity contribution in [1.82, 2.24) is 9.80 Å². The number of ether oxygens (including phenoxy) is 1. The van der Waals surface area contributed by atoms with Crippen LogP contribution < -0.4 is 16.8 Å². The van der Waals surface area contributed by atoms with Crippen LogP contribution in [0.3, 0.4) is 0 Å². The molecule has 2 aromatic rings. The van der Waals surface area contributed by atoms with E-state index >= 15 is 0 Å². The number of likely N-dealkylation sites (tertiary alicyclic amines) is 1. The topological polar surface area (TPSA) is 131 Å². The normalized spacial score (nSPS) is 24.0. The molecule has 1 fully saturated rings. The number of fused-ring (bicyclic) bond motifs is 2. The van der Waals surface area contributed by atoms with Crippen LogP contribution in [0.1, 0.15) is 24.5 Å². The molecule has 2 aromatic carbocycles. The third-order valence-electron chi connectivity index (χ3n) is 6.89. The number of halogens is 1. The molecule has 0 aromatic heterocycles. The monoisotopic (exact) mass is 527 g/mol. The summed E-state index contributed by atoms with van der Waals surface area (Å²) in [6, 6.07) is 14.1. The van der Waals surface area contributed by atoms with E-state index in [1.54, 1.807) is 34.9 Å². The second kappa shape index (κ2) is 9.34. The summed E-state index contributed by atoms with van der Waals surface area (Å²) in [7, 11) is 0. The van der Waals surface area contributed by atoms with Crippen LogP contribution in [-0.2, 0) is 26.3 Å². The van der Waals surface area contributed by atoms with Crippen LogP contribution in [0.25, 0.3) is 0 Å². The summed E-state index contributed by atoms with van der Waals surface area (Å²) in [4.78, 5) is 42.3. The average molecular weight is 528 g/mol. The van der Waals surface area contributed by atoms with E-state index in [0.717, 1.165) is 22.9 Å². The average Bonchev–Trinajstić information content (AvgIpc) is 3.39. The van der Waals surface area contributed by atoms with Gasteiger partial charge in [0.25, 0.3) is 5.91 Å². The molecule has 1 spiro atoms. The quantitative estimate of drug-likeness (QED) is 0.544. The minimum Gasteiger partial charge on any atom is -0.436 e. The summed E-state index contributed by atoms with van der Waals surface area (Å²) >= 11 is 7.41. The van der Waals surface area contributed by atoms with Crippen LogP contribution in [0.2, 0.25) is 5.02 Å². The Morgan fingerprint density at radius 3 is 2.72 bits per heavy atom. The molecule has 3 atom stereocenters. The van der Waals surface area contributed by atoms with Crippen LogP contribution in [0.4, 0.5) is 10.5 Å². The number of primary amides is 1. The van der Waals surface area contributed by atoms with Crippen LogP contribution in [0.5, 0.6) is 0 Å². The van der Waals surface area contributed by atoms with Gasteiger partial charge in [0.15, 0.2) is 5.60 Å². The first-order chi connectivity index (χ1) is 17.2. The fourth-order valence-electron chi connectivity index (χ4n) is 5.21. The van der Waals surface area contributed by atoms with E-state index in [1.807, 2.05) is 30.3 Å². The summed E-state index contributed by atoms with van der Waals surface area (Å²) in [5.74, 6) is -0.744. The molecule has 3 heterocycles. The Morgan fingerprint density at radius 2 is 2.03 bits per heavy atom. The summed E-state index contributed by atoms with van der Waals surface area (Å²) in [5, 5.41) is 3.22. The molecule has 188 valence electrons. The molecule has 3 aliphatic rings. The summed E-state index contributed by atoms with van der Waals surface area (Å²) in [5.41, 5.74) is 13.2. The molecular formula is C25H26ClN5O4S. The molecule has 11 heteroatoms. The Bertz CT molecular complexity index is 1270. The number of hydrogen-bond donors (Lipinski definition) is 3. The van der Waals surface area contributed by atoms with Crippen LogP contribution in [-0.4, -0.2) is 52.3 Å². The number of nitrogens with one attached hydrogen (secondary N) is 1. The van der Waals surface area contributed by atoms with E-state index in [2.05, 4.69) is 5.32 Å². The molecule has 9 nitrogen and oxygen atoms in total. The number of nitrogens with zero attached hydrogens (tertiary/aromatic N) is 2. The first kappa shape index (κ1) is 24.5. The first-order valence-corrected chi connectivity index (χ1v) is 12.8. The summed E-state index contributed by atoms with van der Waals surface area (Å²) < 4.78 is 5.80. The Balaban J connectivity index is 1.48. The van der Waals surface area contributed by atoms with E-state index in [-0.39, 0.29) is 12.5 Å². The van der Waals surface area contributed by atoms with Crippen molar-refractivity contribution in [2.75, 3.05) is 18.4 Å². The Labute approximate surface area is 217 Å². The van der Waals surface area contributed by atoms with Crippen molar-refractivity contribution in [1.29, 1.82) is 0 Å². The number of allylic oxidation sites excluding steroid dienone is 1. The van der Waals surface area contributed by atoms with Crippen molar-refractivity contribution in [3.8, 4) is 0 Å². The van der Waals surface area contributed by atoms with Crippen molar-refractivity contribution >= 4 is 47.0 Å². The van der Waals surface area contributed by atoms with Crippen molar-refractivity contribution in [3.05, 3.63) is 75.3 Å². The Morgan fingerprint density at radius 1 is 1.28 bits per heavy atom. The second-order valence-electron chi connectivity index (χ2n) is 9.11. The van der Waals surface area contributed by atoms with Gasteiger partial charge in [-0.05, 0) is 30.7 Å². The van der Waals surface area contributed by atoms with Gasteiger partial charge in [0.1, 0.15) is 11.5 Å². The second-order valence-corrected chi connectivity index (χ2v) is 10.7. The van der Waals surface area contributed by atoms with Crippen LogP contribution in [0, 0.1) is 0 Å². The van der Waals surface area contributed by atoms with Gasteiger partial charge in [-0.2, -0.15) is 0 Å². The number of hydrogen-bond acceptors (Lipinski definition) is 7. The molecule has 5 N–H and O–H groups in total. The first-order valence-electron chi connectivity index (χ1n) is 11.5. The molecule has 0 saturated carbocycles. The van der Waals surface area contributed by atoms with Gasteiger partial charge in [0, 0.05) is 35.7 Å². The number of nitrogens with two attached hydrogens (primary N) is 2. The zero-order valence-electron chi connectivity index (χ0n) is 19.6. The zero-order valence-corrected chi connectivity index (χ0v) is 21.1. The van der Waals surface area contributed by atoms with Gasteiger partial charge in [0.2, 0.25) is 5.91 Å². The Hall–Kier alpha value is -3.21.